The highest BCUT2D eigenvalue weighted by Gasteiger charge is 2.72. The number of aromatic hydroxyl groups is 1. The molecular weight excluding hydrogens is 266 g/mol. The van der Waals surface area contributed by atoms with Crippen LogP contribution in [-0.2, 0) is 16.6 Å². The summed E-state index contributed by atoms with van der Waals surface area (Å²) >= 11 is 0. The number of piperidine rings is 1. The van der Waals surface area contributed by atoms with Gasteiger partial charge in [0.15, 0.2) is 23.4 Å². The summed E-state index contributed by atoms with van der Waals surface area (Å²) < 4.78 is 6.05. The van der Waals surface area contributed by atoms with Crippen LogP contribution in [0.5, 0.6) is 11.5 Å². The quantitative estimate of drug-likeness (QED) is 0.698. The van der Waals surface area contributed by atoms with E-state index < -0.39 is 6.10 Å². The first-order valence-corrected chi connectivity index (χ1v) is 7.71. The lowest BCUT2D eigenvalue weighted by molar-refractivity contribution is -0.128. The fourth-order valence-electron chi connectivity index (χ4n) is 5.92. The third-order valence-corrected chi connectivity index (χ3v) is 6.46. The Balaban J connectivity index is 1.79. The molecule has 2 fully saturated rings. The predicted octanol–water partition coefficient (Wildman–Crippen LogP) is 1.06. The van der Waals surface area contributed by atoms with Crippen LogP contribution < -0.4 is 10.1 Å². The molecule has 5 atom stereocenters. The van der Waals surface area contributed by atoms with E-state index in [4.69, 9.17) is 4.74 Å². The Labute approximate surface area is 121 Å². The minimum absolute atomic E-state index is 0.161. The van der Waals surface area contributed by atoms with E-state index in [2.05, 4.69) is 11.4 Å². The number of hydrogen-bond acceptors (Lipinski definition) is 4. The van der Waals surface area contributed by atoms with Crippen molar-refractivity contribution in [2.75, 3.05) is 6.54 Å². The average molecular weight is 281 g/mol. The minimum Gasteiger partial charge on any atom is -0.504 e. The minimum atomic E-state index is -0.417. The van der Waals surface area contributed by atoms with Crippen molar-refractivity contribution < 1.29 is 14.6 Å². The molecule has 0 radical (unpaired) electrons. The van der Waals surface area contributed by atoms with Crippen molar-refractivity contribution in [2.45, 2.75) is 30.4 Å². The molecule has 106 valence electrons. The van der Waals surface area contributed by atoms with Gasteiger partial charge in [0.05, 0.1) is 5.41 Å². The number of nitrogens with one attached hydrogen (secondary N) is 1. The summed E-state index contributed by atoms with van der Waals surface area (Å²) in [5.74, 6) is 1.91. The van der Waals surface area contributed by atoms with Crippen LogP contribution >= 0.6 is 0 Å². The molecule has 2 heterocycles. The van der Waals surface area contributed by atoms with Crippen molar-refractivity contribution >= 4 is 5.78 Å². The Morgan fingerprint density at radius 2 is 2.29 bits per heavy atom. The molecule has 3 aliphatic carbocycles. The number of rotatable bonds is 0. The molecule has 1 aromatic rings. The van der Waals surface area contributed by atoms with Gasteiger partial charge in [-0.25, -0.2) is 0 Å². The van der Waals surface area contributed by atoms with Gasteiger partial charge < -0.3 is 15.2 Å². The van der Waals surface area contributed by atoms with Gasteiger partial charge in [0.2, 0.25) is 0 Å². The lowest BCUT2D eigenvalue weighted by Crippen LogP contribution is -2.55. The lowest BCUT2D eigenvalue weighted by atomic mass is 9.58. The van der Waals surface area contributed by atoms with Crippen LogP contribution in [0.15, 0.2) is 23.8 Å². The Morgan fingerprint density at radius 1 is 1.38 bits per heavy atom. The summed E-state index contributed by atoms with van der Waals surface area (Å²) in [5.41, 5.74) is 3.46. The smallest absolute Gasteiger partial charge is 0.178 e. The molecule has 0 aromatic heterocycles. The standard InChI is InChI=1S/C17H15NO3/c19-11-3-1-7-5-8-10-6-18-14(8)9-2-4-12(20)16-17(9,10)13(7)15(11)21-16/h1-3,8,10,14,16,18-19H,4-6H2/t8?,10?,14?,16-,17+/m0/s1. The van der Waals surface area contributed by atoms with Gasteiger partial charge in [-0.1, -0.05) is 12.1 Å². The maximum Gasteiger partial charge on any atom is 0.178 e. The molecule has 2 aliphatic heterocycles. The Kier molecular flexibility index (Phi) is 1.56. The molecule has 4 heteroatoms. The first kappa shape index (κ1) is 10.9. The molecule has 0 amide bonds. The number of ether oxygens (including phenoxy) is 1. The van der Waals surface area contributed by atoms with Crippen LogP contribution in [0.1, 0.15) is 17.5 Å². The number of hydrogen-bond donors (Lipinski definition) is 2. The maximum atomic E-state index is 12.5. The highest BCUT2D eigenvalue weighted by Crippen LogP contribution is 2.68. The van der Waals surface area contributed by atoms with Crippen LogP contribution in [0.4, 0.5) is 0 Å². The summed E-state index contributed by atoms with van der Waals surface area (Å²) in [6.07, 6.45) is 3.21. The van der Waals surface area contributed by atoms with Gasteiger partial charge in [0, 0.05) is 24.6 Å². The Hall–Kier alpha value is -1.81. The van der Waals surface area contributed by atoms with Gasteiger partial charge in [-0.3, -0.25) is 4.79 Å². The zero-order chi connectivity index (χ0) is 13.9. The van der Waals surface area contributed by atoms with Gasteiger partial charge in [-0.05, 0) is 35.5 Å². The van der Waals surface area contributed by atoms with E-state index in [9.17, 15) is 9.90 Å². The number of allylic oxidation sites excluding steroid dienone is 1. The largest absolute Gasteiger partial charge is 0.504 e. The third kappa shape index (κ3) is 0.890. The van der Waals surface area contributed by atoms with Gasteiger partial charge in [-0.2, -0.15) is 0 Å². The molecule has 1 spiro atoms. The van der Waals surface area contributed by atoms with Gasteiger partial charge in [0.25, 0.3) is 0 Å². The molecule has 5 aliphatic rings. The van der Waals surface area contributed by atoms with Crippen LogP contribution in [0, 0.1) is 11.8 Å². The fourth-order valence-corrected chi connectivity index (χ4v) is 5.92. The second-order valence-corrected chi connectivity index (χ2v) is 7.01. The topological polar surface area (TPSA) is 58.6 Å². The van der Waals surface area contributed by atoms with Crippen LogP contribution in [0.2, 0.25) is 0 Å². The molecule has 1 saturated heterocycles. The number of carbonyl (C=O) groups is 1. The Morgan fingerprint density at radius 3 is 3.19 bits per heavy atom. The van der Waals surface area contributed by atoms with Crippen molar-refractivity contribution in [3.8, 4) is 11.5 Å². The lowest BCUT2D eigenvalue weighted by Gasteiger charge is -2.44. The molecule has 6 rings (SSSR count). The van der Waals surface area contributed by atoms with Crippen molar-refractivity contribution in [3.05, 3.63) is 34.9 Å². The van der Waals surface area contributed by atoms with E-state index in [1.807, 2.05) is 6.07 Å². The summed E-state index contributed by atoms with van der Waals surface area (Å²) in [7, 11) is 0. The zero-order valence-corrected chi connectivity index (χ0v) is 11.4. The first-order valence-electron chi connectivity index (χ1n) is 7.71. The van der Waals surface area contributed by atoms with Crippen molar-refractivity contribution in [3.63, 3.8) is 0 Å². The van der Waals surface area contributed by atoms with E-state index in [0.29, 0.717) is 30.0 Å². The van der Waals surface area contributed by atoms with Crippen molar-refractivity contribution in [1.29, 1.82) is 0 Å². The van der Waals surface area contributed by atoms with E-state index in [1.54, 1.807) is 6.07 Å². The van der Waals surface area contributed by atoms with Crippen molar-refractivity contribution in [1.82, 2.24) is 5.32 Å². The van der Waals surface area contributed by atoms with Crippen LogP contribution in [0.3, 0.4) is 0 Å². The number of benzene rings is 1. The second-order valence-electron chi connectivity index (χ2n) is 7.01. The van der Waals surface area contributed by atoms with Gasteiger partial charge >= 0.3 is 0 Å². The summed E-state index contributed by atoms with van der Waals surface area (Å²) in [6.45, 7) is 0.953. The maximum absolute atomic E-state index is 12.5. The highest BCUT2D eigenvalue weighted by atomic mass is 16.5. The Bertz CT molecular complexity index is 768. The van der Waals surface area contributed by atoms with E-state index in [-0.39, 0.29) is 16.9 Å². The predicted molar refractivity (Wildman–Crippen MR) is 74.4 cm³/mol. The summed E-state index contributed by atoms with van der Waals surface area (Å²) in [5, 5.41) is 13.9. The number of phenols is 1. The second kappa shape index (κ2) is 3.02. The van der Waals surface area contributed by atoms with E-state index in [0.717, 1.165) is 18.5 Å². The number of Topliss-reactive ketones (excluding diaryl/α,β-unsaturated/α-hetero) is 1. The number of carbonyl (C=O) groups excluding carboxylic acids is 1. The average Bonchev–Trinajstić information content (AvgIpc) is 3.10. The van der Waals surface area contributed by atoms with Crippen LogP contribution in [-0.4, -0.2) is 29.6 Å². The number of phenolic OH excluding ortho intramolecular Hbond substituents is 1. The highest BCUT2D eigenvalue weighted by molar-refractivity contribution is 5.92. The molecule has 4 nitrogen and oxygen atoms in total. The number of fused-ring (bicyclic) bond motifs is 1. The van der Waals surface area contributed by atoms with E-state index in [1.165, 1.54) is 11.1 Å². The molecular formula is C17H15NO3. The fraction of sp³-hybridized carbons (Fsp3) is 0.471. The zero-order valence-electron chi connectivity index (χ0n) is 11.4. The molecule has 1 saturated carbocycles. The van der Waals surface area contributed by atoms with Crippen LogP contribution in [0.25, 0.3) is 0 Å². The SMILES string of the molecule is O=C1CC=C2C3NCC4C3Cc3ccc(O)c5c3[C@@]24[C@H]1O5. The van der Waals surface area contributed by atoms with E-state index >= 15 is 0 Å². The normalized spacial score (nSPS) is 43.6. The number of ketones is 1. The molecule has 1 aromatic carbocycles. The molecule has 21 heavy (non-hydrogen) atoms. The summed E-state index contributed by atoms with van der Waals surface area (Å²) in [4.78, 5) is 12.5. The van der Waals surface area contributed by atoms with Gasteiger partial charge in [0.1, 0.15) is 0 Å². The first-order chi connectivity index (χ1) is 10.2. The van der Waals surface area contributed by atoms with Gasteiger partial charge in [-0.15, -0.1) is 0 Å². The van der Waals surface area contributed by atoms with Crippen molar-refractivity contribution in [2.24, 2.45) is 11.8 Å². The molecule has 3 unspecified atom stereocenters. The third-order valence-electron chi connectivity index (χ3n) is 6.46. The summed E-state index contributed by atoms with van der Waals surface area (Å²) in [6, 6.07) is 4.13. The molecule has 2 N–H and O–H groups in total. The molecule has 4 bridgehead atoms. The monoisotopic (exact) mass is 281 g/mol.